The van der Waals surface area contributed by atoms with Crippen molar-refractivity contribution in [3.63, 3.8) is 0 Å². The van der Waals surface area contributed by atoms with Crippen molar-refractivity contribution >= 4 is 24.0 Å². The highest BCUT2D eigenvalue weighted by molar-refractivity contribution is 6.30. The zero-order chi connectivity index (χ0) is 8.27. The second kappa shape index (κ2) is 5.00. The number of nitriles is 1. The Bertz CT molecular complexity index is 304. The van der Waals surface area contributed by atoms with Gasteiger partial charge in [0.1, 0.15) is 0 Å². The fraction of sp³-hybridized carbons (Fsp3) is 0.125. The number of nitrogens with zero attached hydrogens (tertiary/aromatic N) is 1. The molecule has 0 aliphatic carbocycles. The molecule has 0 unspecified atom stereocenters. The van der Waals surface area contributed by atoms with E-state index in [-0.39, 0.29) is 12.4 Å². The maximum atomic E-state index is 8.53. The molecule has 0 aliphatic heterocycles. The summed E-state index contributed by atoms with van der Waals surface area (Å²) >= 11 is 5.70. The Morgan fingerprint density at radius 3 is 2.58 bits per heavy atom. The first-order chi connectivity index (χ1) is 5.26. The Kier molecular flexibility index (Phi) is 4.68. The molecule has 4 heteroatoms. The minimum absolute atomic E-state index is 0. The summed E-state index contributed by atoms with van der Waals surface area (Å²) in [4.78, 5) is 0. The minimum atomic E-state index is 0. The fourth-order valence-electron chi connectivity index (χ4n) is 0.833. The van der Waals surface area contributed by atoms with E-state index in [0.717, 1.165) is 5.56 Å². The topological polar surface area (TPSA) is 49.8 Å². The molecule has 64 valence electrons. The lowest BCUT2D eigenvalue weighted by Gasteiger charge is -1.97. The zero-order valence-corrected chi connectivity index (χ0v) is 7.82. The number of hydrogen-bond acceptors (Lipinski definition) is 2. The van der Waals surface area contributed by atoms with Crippen LogP contribution in [0.15, 0.2) is 18.2 Å². The molecule has 0 aliphatic rings. The Morgan fingerprint density at radius 1 is 1.42 bits per heavy atom. The van der Waals surface area contributed by atoms with Crippen molar-refractivity contribution in [2.75, 3.05) is 0 Å². The molecule has 1 aromatic carbocycles. The van der Waals surface area contributed by atoms with Crippen molar-refractivity contribution in [3.05, 3.63) is 34.3 Å². The highest BCUT2D eigenvalue weighted by Gasteiger charge is 1.96. The van der Waals surface area contributed by atoms with Crippen molar-refractivity contribution < 1.29 is 0 Å². The summed E-state index contributed by atoms with van der Waals surface area (Å²) in [6, 6.07) is 7.09. The third kappa shape index (κ3) is 2.71. The molecule has 12 heavy (non-hydrogen) atoms. The average molecular weight is 203 g/mol. The number of benzene rings is 1. The second-order valence-corrected chi connectivity index (χ2v) is 2.60. The fourth-order valence-corrected chi connectivity index (χ4v) is 1.09. The molecule has 0 radical (unpaired) electrons. The summed E-state index contributed by atoms with van der Waals surface area (Å²) in [6.45, 7) is 0.412. The molecule has 0 atom stereocenters. The van der Waals surface area contributed by atoms with Gasteiger partial charge in [0, 0.05) is 11.6 Å². The first-order valence-corrected chi connectivity index (χ1v) is 3.53. The van der Waals surface area contributed by atoms with E-state index in [1.165, 1.54) is 0 Å². The van der Waals surface area contributed by atoms with Crippen LogP contribution in [0.3, 0.4) is 0 Å². The molecule has 1 rings (SSSR count). The van der Waals surface area contributed by atoms with Gasteiger partial charge < -0.3 is 5.73 Å². The van der Waals surface area contributed by atoms with Crippen LogP contribution in [0, 0.1) is 11.3 Å². The largest absolute Gasteiger partial charge is 0.326 e. The van der Waals surface area contributed by atoms with Crippen molar-refractivity contribution in [2.24, 2.45) is 5.73 Å². The lowest BCUT2D eigenvalue weighted by atomic mass is 10.1. The molecule has 0 spiro atoms. The van der Waals surface area contributed by atoms with Crippen molar-refractivity contribution in [2.45, 2.75) is 6.54 Å². The van der Waals surface area contributed by atoms with Crippen LogP contribution in [0.5, 0.6) is 0 Å². The molecule has 0 fully saturated rings. The molecule has 2 N–H and O–H groups in total. The van der Waals surface area contributed by atoms with Gasteiger partial charge in [-0.3, -0.25) is 0 Å². The number of rotatable bonds is 1. The highest BCUT2D eigenvalue weighted by Crippen LogP contribution is 2.13. The Balaban J connectivity index is 0.00000121. The Morgan fingerprint density at radius 2 is 2.08 bits per heavy atom. The van der Waals surface area contributed by atoms with E-state index in [1.807, 2.05) is 6.07 Å². The van der Waals surface area contributed by atoms with Crippen LogP contribution < -0.4 is 5.73 Å². The van der Waals surface area contributed by atoms with Gasteiger partial charge in [-0.15, -0.1) is 12.4 Å². The smallest absolute Gasteiger partial charge is 0.0992 e. The molecule has 0 aromatic heterocycles. The van der Waals surface area contributed by atoms with E-state index in [0.29, 0.717) is 17.1 Å². The van der Waals surface area contributed by atoms with E-state index < -0.39 is 0 Å². The molecule has 2 nitrogen and oxygen atoms in total. The van der Waals surface area contributed by atoms with Crippen molar-refractivity contribution in [1.29, 1.82) is 5.26 Å². The summed E-state index contributed by atoms with van der Waals surface area (Å²) in [5.41, 5.74) is 6.81. The first-order valence-electron chi connectivity index (χ1n) is 3.16. The lowest BCUT2D eigenvalue weighted by Crippen LogP contribution is -1.96. The predicted octanol–water partition coefficient (Wildman–Crippen LogP) is 2.09. The molecule has 0 bridgehead atoms. The second-order valence-electron chi connectivity index (χ2n) is 2.16. The van der Waals surface area contributed by atoms with Crippen molar-refractivity contribution in [3.8, 4) is 6.07 Å². The lowest BCUT2D eigenvalue weighted by molar-refractivity contribution is 1.07. The highest BCUT2D eigenvalue weighted by atomic mass is 35.5. The third-order valence-electron chi connectivity index (χ3n) is 1.32. The van der Waals surface area contributed by atoms with Gasteiger partial charge in [0.2, 0.25) is 0 Å². The summed E-state index contributed by atoms with van der Waals surface area (Å²) in [5, 5.41) is 9.09. The summed E-state index contributed by atoms with van der Waals surface area (Å²) < 4.78 is 0. The van der Waals surface area contributed by atoms with Crippen LogP contribution in [-0.2, 0) is 6.54 Å². The number of hydrogen-bond donors (Lipinski definition) is 1. The maximum Gasteiger partial charge on any atom is 0.0992 e. The van der Waals surface area contributed by atoms with Crippen LogP contribution >= 0.6 is 24.0 Å². The summed E-state index contributed by atoms with van der Waals surface area (Å²) in [5.74, 6) is 0. The van der Waals surface area contributed by atoms with Crippen LogP contribution in [0.2, 0.25) is 5.02 Å². The molecule has 0 saturated heterocycles. The molecule has 0 saturated carbocycles. The summed E-state index contributed by atoms with van der Waals surface area (Å²) in [6.07, 6.45) is 0. The zero-order valence-electron chi connectivity index (χ0n) is 6.25. The molecular weight excluding hydrogens is 195 g/mol. The SMILES string of the molecule is Cl.N#Cc1cc(Cl)cc(CN)c1. The first kappa shape index (κ1) is 11.2. The minimum Gasteiger partial charge on any atom is -0.326 e. The van der Waals surface area contributed by atoms with Gasteiger partial charge in [-0.1, -0.05) is 11.6 Å². The van der Waals surface area contributed by atoms with Gasteiger partial charge in [-0.05, 0) is 23.8 Å². The van der Waals surface area contributed by atoms with Gasteiger partial charge >= 0.3 is 0 Å². The van der Waals surface area contributed by atoms with Crippen molar-refractivity contribution in [1.82, 2.24) is 0 Å². The van der Waals surface area contributed by atoms with E-state index in [1.54, 1.807) is 18.2 Å². The average Bonchev–Trinajstić information content (AvgIpc) is 2.03. The van der Waals surface area contributed by atoms with Gasteiger partial charge in [0.25, 0.3) is 0 Å². The predicted molar refractivity (Wildman–Crippen MR) is 51.3 cm³/mol. The number of nitrogens with two attached hydrogens (primary N) is 1. The van der Waals surface area contributed by atoms with E-state index in [2.05, 4.69) is 0 Å². The Labute approximate surface area is 82.4 Å². The molecule has 0 amide bonds. The van der Waals surface area contributed by atoms with Gasteiger partial charge in [0.15, 0.2) is 0 Å². The molecule has 1 aromatic rings. The van der Waals surface area contributed by atoms with E-state index in [4.69, 9.17) is 22.6 Å². The van der Waals surface area contributed by atoms with Gasteiger partial charge in [-0.2, -0.15) is 5.26 Å². The summed E-state index contributed by atoms with van der Waals surface area (Å²) in [7, 11) is 0. The molecule has 0 heterocycles. The Hall–Kier alpha value is -0.750. The van der Waals surface area contributed by atoms with Crippen LogP contribution in [-0.4, -0.2) is 0 Å². The quantitative estimate of drug-likeness (QED) is 0.759. The third-order valence-corrected chi connectivity index (χ3v) is 1.54. The number of halogens is 2. The van der Waals surface area contributed by atoms with E-state index in [9.17, 15) is 0 Å². The monoisotopic (exact) mass is 202 g/mol. The maximum absolute atomic E-state index is 8.53. The van der Waals surface area contributed by atoms with Crippen LogP contribution in [0.1, 0.15) is 11.1 Å². The van der Waals surface area contributed by atoms with E-state index >= 15 is 0 Å². The van der Waals surface area contributed by atoms with Crippen LogP contribution in [0.25, 0.3) is 0 Å². The van der Waals surface area contributed by atoms with Gasteiger partial charge in [0.05, 0.1) is 11.6 Å². The van der Waals surface area contributed by atoms with Gasteiger partial charge in [-0.25, -0.2) is 0 Å². The standard InChI is InChI=1S/C8H7ClN2.ClH/c9-8-2-6(4-10)1-7(3-8)5-11;/h1-3H,4,10H2;1H. The normalized spacial score (nSPS) is 8.42. The molecular formula is C8H8Cl2N2. The van der Waals surface area contributed by atoms with Crippen LogP contribution in [0.4, 0.5) is 0 Å².